The summed E-state index contributed by atoms with van der Waals surface area (Å²) in [4.78, 5) is 25.7. The van der Waals surface area contributed by atoms with Crippen LogP contribution in [0.4, 0.5) is 13.9 Å². The van der Waals surface area contributed by atoms with E-state index in [0.29, 0.717) is 29.9 Å². The fourth-order valence-electron chi connectivity index (χ4n) is 4.15. The van der Waals surface area contributed by atoms with Crippen molar-refractivity contribution in [3.63, 3.8) is 0 Å². The van der Waals surface area contributed by atoms with E-state index in [1.165, 1.54) is 0 Å². The van der Waals surface area contributed by atoms with E-state index in [2.05, 4.69) is 9.88 Å². The Labute approximate surface area is 169 Å². The highest BCUT2D eigenvalue weighted by molar-refractivity contribution is 7.15. The number of aromatic nitrogens is 3. The van der Waals surface area contributed by atoms with E-state index in [0.717, 1.165) is 46.1 Å². The Morgan fingerprint density at radius 2 is 2.14 bits per heavy atom. The van der Waals surface area contributed by atoms with E-state index in [1.54, 1.807) is 35.6 Å². The Bertz CT molecular complexity index is 1090. The Morgan fingerprint density at radius 1 is 1.28 bits per heavy atom. The second kappa shape index (κ2) is 7.46. The molecule has 0 saturated carbocycles. The molecule has 1 saturated heterocycles. The lowest BCUT2D eigenvalue weighted by Crippen LogP contribution is -2.33. The van der Waals surface area contributed by atoms with Gasteiger partial charge >= 0.3 is 0 Å². The van der Waals surface area contributed by atoms with Gasteiger partial charge in [0, 0.05) is 13.0 Å². The van der Waals surface area contributed by atoms with E-state index in [9.17, 15) is 13.6 Å². The molecule has 4 heterocycles. The molecule has 2 aromatic heterocycles. The van der Waals surface area contributed by atoms with Gasteiger partial charge in [-0.05, 0) is 25.0 Å². The maximum Gasteiger partial charge on any atom is 0.261 e. The van der Waals surface area contributed by atoms with Gasteiger partial charge in [-0.15, -0.1) is 0 Å². The molecule has 0 N–H and O–H groups in total. The topological polar surface area (TPSA) is 60.3 Å². The zero-order valence-electron chi connectivity index (χ0n) is 15.7. The zero-order chi connectivity index (χ0) is 20.0. The van der Waals surface area contributed by atoms with E-state index in [-0.39, 0.29) is 6.04 Å². The SMILES string of the molecule is O=c1c2ccccc2nc(C2CCCN2c2nc3c(s2)COCC3)n1CC(F)F. The predicted molar refractivity (Wildman–Crippen MR) is 107 cm³/mol. The fourth-order valence-corrected chi connectivity index (χ4v) is 5.27. The second-order valence-corrected chi connectivity index (χ2v) is 8.38. The number of fused-ring (bicyclic) bond motifs is 2. The Morgan fingerprint density at radius 3 is 2.97 bits per heavy atom. The first-order valence-electron chi connectivity index (χ1n) is 9.72. The monoisotopic (exact) mass is 418 g/mol. The second-order valence-electron chi connectivity index (χ2n) is 7.31. The summed E-state index contributed by atoms with van der Waals surface area (Å²) in [7, 11) is 0. The molecule has 1 atom stereocenters. The van der Waals surface area contributed by atoms with Crippen LogP contribution in [0.5, 0.6) is 0 Å². The molecule has 1 fully saturated rings. The summed E-state index contributed by atoms with van der Waals surface area (Å²) in [6, 6.07) is 6.67. The lowest BCUT2D eigenvalue weighted by molar-refractivity contribution is 0.112. The number of anilines is 1. The van der Waals surface area contributed by atoms with Crippen LogP contribution >= 0.6 is 11.3 Å². The molecular weight excluding hydrogens is 398 g/mol. The molecule has 0 amide bonds. The summed E-state index contributed by atoms with van der Waals surface area (Å²) in [5.74, 6) is 0.399. The summed E-state index contributed by atoms with van der Waals surface area (Å²) in [5.41, 5.74) is 1.18. The van der Waals surface area contributed by atoms with Crippen molar-refractivity contribution < 1.29 is 13.5 Å². The van der Waals surface area contributed by atoms with Crippen molar-refractivity contribution in [1.29, 1.82) is 0 Å². The molecule has 0 radical (unpaired) electrons. The minimum atomic E-state index is -2.63. The molecule has 0 spiro atoms. The molecule has 6 nitrogen and oxygen atoms in total. The van der Waals surface area contributed by atoms with Gasteiger partial charge in [0.05, 0.1) is 47.3 Å². The third-order valence-corrected chi connectivity index (χ3v) is 6.60. The van der Waals surface area contributed by atoms with Crippen molar-refractivity contribution in [1.82, 2.24) is 14.5 Å². The molecular formula is C20H20F2N4O2S. The molecule has 1 aromatic carbocycles. The van der Waals surface area contributed by atoms with Crippen LogP contribution in [0.15, 0.2) is 29.1 Å². The number of hydrogen-bond donors (Lipinski definition) is 0. The van der Waals surface area contributed by atoms with Crippen molar-refractivity contribution >= 4 is 27.4 Å². The fraction of sp³-hybridized carbons (Fsp3) is 0.450. The third-order valence-electron chi connectivity index (χ3n) is 5.49. The van der Waals surface area contributed by atoms with Crippen LogP contribution in [0.2, 0.25) is 0 Å². The van der Waals surface area contributed by atoms with Crippen LogP contribution in [0.3, 0.4) is 0 Å². The van der Waals surface area contributed by atoms with Gasteiger partial charge in [0.1, 0.15) is 5.82 Å². The number of halogens is 2. The van der Waals surface area contributed by atoms with E-state index in [1.807, 2.05) is 0 Å². The van der Waals surface area contributed by atoms with Crippen LogP contribution in [-0.4, -0.2) is 34.1 Å². The Kier molecular flexibility index (Phi) is 4.79. The van der Waals surface area contributed by atoms with Gasteiger partial charge in [0.2, 0.25) is 0 Å². The number of rotatable bonds is 4. The van der Waals surface area contributed by atoms with Gasteiger partial charge in [0.15, 0.2) is 5.13 Å². The van der Waals surface area contributed by atoms with Gasteiger partial charge in [-0.1, -0.05) is 23.5 Å². The van der Waals surface area contributed by atoms with E-state index >= 15 is 0 Å². The molecule has 2 aliphatic heterocycles. The molecule has 5 rings (SSSR count). The molecule has 1 unspecified atom stereocenters. The third kappa shape index (κ3) is 3.32. The summed E-state index contributed by atoms with van der Waals surface area (Å²) < 4.78 is 33.3. The average molecular weight is 418 g/mol. The van der Waals surface area contributed by atoms with Crippen molar-refractivity contribution in [2.45, 2.75) is 44.9 Å². The molecule has 3 aromatic rings. The number of benzene rings is 1. The number of ether oxygens (including phenoxy) is 1. The average Bonchev–Trinajstić information content (AvgIpc) is 3.36. The van der Waals surface area contributed by atoms with Gasteiger partial charge in [-0.2, -0.15) is 0 Å². The van der Waals surface area contributed by atoms with Crippen LogP contribution in [-0.2, 0) is 24.3 Å². The molecule has 9 heteroatoms. The number of nitrogens with zero attached hydrogens (tertiary/aromatic N) is 4. The van der Waals surface area contributed by atoms with Gasteiger partial charge in [0.25, 0.3) is 12.0 Å². The first kappa shape index (κ1) is 18.6. The zero-order valence-corrected chi connectivity index (χ0v) is 16.5. The smallest absolute Gasteiger partial charge is 0.261 e. The lowest BCUT2D eigenvalue weighted by atomic mass is 10.1. The normalized spacial score (nSPS) is 19.3. The maximum absolute atomic E-state index is 13.3. The van der Waals surface area contributed by atoms with Gasteiger partial charge < -0.3 is 9.64 Å². The quantitative estimate of drug-likeness (QED) is 0.649. The van der Waals surface area contributed by atoms with Crippen LogP contribution in [0.1, 0.15) is 35.3 Å². The highest BCUT2D eigenvalue weighted by Crippen LogP contribution is 2.39. The minimum absolute atomic E-state index is 0.250. The van der Waals surface area contributed by atoms with Crippen molar-refractivity contribution in [2.75, 3.05) is 18.1 Å². The summed E-state index contributed by atoms with van der Waals surface area (Å²) in [6.07, 6.45) is -0.208. The first-order valence-corrected chi connectivity index (χ1v) is 10.5. The largest absolute Gasteiger partial charge is 0.375 e. The molecule has 29 heavy (non-hydrogen) atoms. The van der Waals surface area contributed by atoms with Crippen molar-refractivity contribution in [3.05, 3.63) is 51.0 Å². The number of para-hydroxylation sites is 1. The summed E-state index contributed by atoms with van der Waals surface area (Å²) in [5, 5.41) is 1.22. The lowest BCUT2D eigenvalue weighted by Gasteiger charge is -2.26. The van der Waals surface area contributed by atoms with E-state index in [4.69, 9.17) is 9.72 Å². The number of thiazole rings is 1. The van der Waals surface area contributed by atoms with Crippen molar-refractivity contribution in [2.24, 2.45) is 0 Å². The van der Waals surface area contributed by atoms with E-state index < -0.39 is 18.5 Å². The number of alkyl halides is 2. The van der Waals surface area contributed by atoms with Crippen LogP contribution < -0.4 is 10.5 Å². The molecule has 2 aliphatic rings. The predicted octanol–water partition coefficient (Wildman–Crippen LogP) is 3.53. The molecule has 0 aliphatic carbocycles. The summed E-state index contributed by atoms with van der Waals surface area (Å²) in [6.45, 7) is 1.34. The standard InChI is InChI=1S/C20H20F2N4O2S/c21-17(22)10-26-18(23-13-5-2-1-4-12(13)19(26)27)15-6-3-8-25(15)20-24-14-7-9-28-11-16(14)29-20/h1-2,4-5,15,17H,3,6-11H2. The highest BCUT2D eigenvalue weighted by atomic mass is 32.1. The minimum Gasteiger partial charge on any atom is -0.375 e. The highest BCUT2D eigenvalue weighted by Gasteiger charge is 2.33. The Hall–Kier alpha value is -2.39. The summed E-state index contributed by atoms with van der Waals surface area (Å²) >= 11 is 1.59. The maximum atomic E-state index is 13.3. The van der Waals surface area contributed by atoms with Crippen LogP contribution in [0, 0.1) is 0 Å². The molecule has 0 bridgehead atoms. The Balaban J connectivity index is 1.61. The molecule has 152 valence electrons. The number of hydrogen-bond acceptors (Lipinski definition) is 6. The van der Waals surface area contributed by atoms with Crippen LogP contribution in [0.25, 0.3) is 10.9 Å². The van der Waals surface area contributed by atoms with Gasteiger partial charge in [-0.3, -0.25) is 9.36 Å². The first-order chi connectivity index (χ1) is 14.1. The van der Waals surface area contributed by atoms with Gasteiger partial charge in [-0.25, -0.2) is 18.7 Å². The van der Waals surface area contributed by atoms with Crippen molar-refractivity contribution in [3.8, 4) is 0 Å².